The molecule has 0 atom stereocenters. The van der Waals surface area contributed by atoms with Crippen molar-refractivity contribution in [3.63, 3.8) is 0 Å². The number of hydrogen-bond acceptors (Lipinski definition) is 2. The van der Waals surface area contributed by atoms with Gasteiger partial charge in [0.05, 0.1) is 17.1 Å². The van der Waals surface area contributed by atoms with Crippen LogP contribution in [0, 0.1) is 13.8 Å². The molecule has 3 aromatic carbocycles. The molecule has 134 valence electrons. The smallest absolute Gasteiger partial charge is 0.262 e. The van der Waals surface area contributed by atoms with Crippen molar-refractivity contribution in [2.24, 2.45) is 0 Å². The SMILES string of the molecule is Cc1ccc(N(Cc2ccccc2Cl)S(=O)(=O)c2ccccc2)cc1C. The first-order valence-electron chi connectivity index (χ1n) is 8.28. The maximum absolute atomic E-state index is 13.3. The van der Waals surface area contributed by atoms with Crippen molar-refractivity contribution in [2.45, 2.75) is 25.3 Å². The summed E-state index contributed by atoms with van der Waals surface area (Å²) in [6.45, 7) is 4.14. The molecule has 0 aliphatic heterocycles. The fourth-order valence-corrected chi connectivity index (χ4v) is 4.35. The van der Waals surface area contributed by atoms with Crippen molar-refractivity contribution in [1.82, 2.24) is 0 Å². The van der Waals surface area contributed by atoms with Crippen LogP contribution >= 0.6 is 11.6 Å². The standard InChI is InChI=1S/C21H20ClNO2S/c1-16-12-13-19(14-17(16)2)23(15-18-8-6-7-11-21(18)22)26(24,25)20-9-4-3-5-10-20/h3-14H,15H2,1-2H3. The number of benzene rings is 3. The van der Waals surface area contributed by atoms with Gasteiger partial charge in [-0.15, -0.1) is 0 Å². The summed E-state index contributed by atoms with van der Waals surface area (Å²) in [5, 5.41) is 0.546. The van der Waals surface area contributed by atoms with E-state index in [1.807, 2.05) is 50.2 Å². The van der Waals surface area contributed by atoms with E-state index < -0.39 is 10.0 Å². The van der Waals surface area contributed by atoms with Gasteiger partial charge in [0, 0.05) is 5.02 Å². The van der Waals surface area contributed by atoms with Crippen LogP contribution in [0.4, 0.5) is 5.69 Å². The Morgan fingerprint density at radius 2 is 1.50 bits per heavy atom. The van der Waals surface area contributed by atoms with Crippen molar-refractivity contribution < 1.29 is 8.42 Å². The second-order valence-electron chi connectivity index (χ2n) is 6.18. The van der Waals surface area contributed by atoms with E-state index >= 15 is 0 Å². The Morgan fingerprint density at radius 3 is 2.15 bits per heavy atom. The number of hydrogen-bond donors (Lipinski definition) is 0. The predicted octanol–water partition coefficient (Wildman–Crippen LogP) is 5.35. The minimum Gasteiger partial charge on any atom is -0.262 e. The first kappa shape index (κ1) is 18.5. The van der Waals surface area contributed by atoms with Crippen molar-refractivity contribution in [3.8, 4) is 0 Å². The topological polar surface area (TPSA) is 37.4 Å². The highest BCUT2D eigenvalue weighted by molar-refractivity contribution is 7.92. The highest BCUT2D eigenvalue weighted by atomic mass is 35.5. The number of anilines is 1. The fraction of sp³-hybridized carbons (Fsp3) is 0.143. The summed E-state index contributed by atoms with van der Waals surface area (Å²) < 4.78 is 28.1. The average molecular weight is 386 g/mol. The lowest BCUT2D eigenvalue weighted by atomic mass is 10.1. The normalized spacial score (nSPS) is 11.3. The third kappa shape index (κ3) is 3.76. The molecule has 5 heteroatoms. The summed E-state index contributed by atoms with van der Waals surface area (Å²) >= 11 is 6.29. The van der Waals surface area contributed by atoms with Gasteiger partial charge in [-0.05, 0) is 60.9 Å². The maximum atomic E-state index is 13.3. The van der Waals surface area contributed by atoms with Crippen LogP contribution in [0.3, 0.4) is 0 Å². The molecule has 3 rings (SSSR count). The maximum Gasteiger partial charge on any atom is 0.264 e. The number of aryl methyl sites for hydroxylation is 2. The fourth-order valence-electron chi connectivity index (χ4n) is 2.70. The molecule has 26 heavy (non-hydrogen) atoms. The largest absolute Gasteiger partial charge is 0.264 e. The predicted molar refractivity (Wildman–Crippen MR) is 107 cm³/mol. The van der Waals surface area contributed by atoms with Gasteiger partial charge in [0.15, 0.2) is 0 Å². The molecule has 0 unspecified atom stereocenters. The second-order valence-corrected chi connectivity index (χ2v) is 8.45. The number of rotatable bonds is 5. The Labute approximate surface area is 159 Å². The van der Waals surface area contributed by atoms with Gasteiger partial charge < -0.3 is 0 Å². The molecule has 0 amide bonds. The molecule has 0 radical (unpaired) electrons. The zero-order valence-corrected chi connectivity index (χ0v) is 16.3. The second kappa shape index (κ2) is 7.52. The molecule has 0 heterocycles. The zero-order chi connectivity index (χ0) is 18.7. The summed E-state index contributed by atoms with van der Waals surface area (Å²) in [4.78, 5) is 0.255. The summed E-state index contributed by atoms with van der Waals surface area (Å²) in [7, 11) is -3.72. The Bertz CT molecular complexity index is 1020. The lowest BCUT2D eigenvalue weighted by Gasteiger charge is -2.26. The summed E-state index contributed by atoms with van der Waals surface area (Å²) in [6.07, 6.45) is 0. The van der Waals surface area contributed by atoms with Gasteiger partial charge in [0.25, 0.3) is 10.0 Å². The van der Waals surface area contributed by atoms with Gasteiger partial charge >= 0.3 is 0 Å². The van der Waals surface area contributed by atoms with E-state index in [-0.39, 0.29) is 11.4 Å². The van der Waals surface area contributed by atoms with Crippen molar-refractivity contribution in [3.05, 3.63) is 94.5 Å². The van der Waals surface area contributed by atoms with Gasteiger partial charge in [-0.3, -0.25) is 4.31 Å². The molecule has 0 aliphatic carbocycles. The number of sulfonamides is 1. The third-order valence-electron chi connectivity index (χ3n) is 4.38. The van der Waals surface area contributed by atoms with Gasteiger partial charge in [-0.1, -0.05) is 54.1 Å². The molecular weight excluding hydrogens is 366 g/mol. The minimum absolute atomic E-state index is 0.166. The number of halogens is 1. The molecule has 3 aromatic rings. The highest BCUT2D eigenvalue weighted by Gasteiger charge is 2.26. The minimum atomic E-state index is -3.72. The molecule has 0 spiro atoms. The first-order valence-corrected chi connectivity index (χ1v) is 10.1. The van der Waals surface area contributed by atoms with E-state index in [2.05, 4.69) is 0 Å². The van der Waals surface area contributed by atoms with Crippen LogP contribution in [0.5, 0.6) is 0 Å². The van der Waals surface area contributed by atoms with Crippen molar-refractivity contribution in [2.75, 3.05) is 4.31 Å². The van der Waals surface area contributed by atoms with Crippen LogP contribution in [-0.2, 0) is 16.6 Å². The van der Waals surface area contributed by atoms with Gasteiger partial charge in [0.2, 0.25) is 0 Å². The average Bonchev–Trinajstić information content (AvgIpc) is 2.64. The summed E-state index contributed by atoms with van der Waals surface area (Å²) in [5.74, 6) is 0. The molecule has 0 aliphatic rings. The molecular formula is C21H20ClNO2S. The molecule has 0 saturated carbocycles. The Morgan fingerprint density at radius 1 is 0.846 bits per heavy atom. The van der Waals surface area contributed by atoms with E-state index in [1.165, 1.54) is 4.31 Å². The quantitative estimate of drug-likeness (QED) is 0.593. The van der Waals surface area contributed by atoms with E-state index in [4.69, 9.17) is 11.6 Å². The van der Waals surface area contributed by atoms with E-state index in [9.17, 15) is 8.42 Å². The van der Waals surface area contributed by atoms with Crippen LogP contribution in [0.25, 0.3) is 0 Å². The van der Waals surface area contributed by atoms with E-state index in [0.29, 0.717) is 10.7 Å². The van der Waals surface area contributed by atoms with E-state index in [0.717, 1.165) is 16.7 Å². The Hall–Kier alpha value is -2.30. The summed E-state index contributed by atoms with van der Waals surface area (Å²) in [6, 6.07) is 21.4. The van der Waals surface area contributed by atoms with Gasteiger partial charge in [0.1, 0.15) is 0 Å². The lowest BCUT2D eigenvalue weighted by Crippen LogP contribution is -2.30. The van der Waals surface area contributed by atoms with E-state index in [1.54, 1.807) is 36.4 Å². The van der Waals surface area contributed by atoms with Gasteiger partial charge in [-0.25, -0.2) is 8.42 Å². The van der Waals surface area contributed by atoms with Gasteiger partial charge in [-0.2, -0.15) is 0 Å². The molecule has 0 fully saturated rings. The number of nitrogens with zero attached hydrogens (tertiary/aromatic N) is 1. The highest BCUT2D eigenvalue weighted by Crippen LogP contribution is 2.29. The van der Waals surface area contributed by atoms with Crippen molar-refractivity contribution in [1.29, 1.82) is 0 Å². The van der Waals surface area contributed by atoms with Crippen LogP contribution in [0.1, 0.15) is 16.7 Å². The van der Waals surface area contributed by atoms with Crippen LogP contribution in [0.15, 0.2) is 77.7 Å². The summed E-state index contributed by atoms with van der Waals surface area (Å²) in [5.41, 5.74) is 3.53. The zero-order valence-electron chi connectivity index (χ0n) is 14.7. The molecule has 3 nitrogen and oxygen atoms in total. The van der Waals surface area contributed by atoms with Crippen molar-refractivity contribution >= 4 is 27.3 Å². The molecule has 0 bridgehead atoms. The van der Waals surface area contributed by atoms with Crippen LogP contribution in [0.2, 0.25) is 5.02 Å². The van der Waals surface area contributed by atoms with Crippen LogP contribution < -0.4 is 4.31 Å². The monoisotopic (exact) mass is 385 g/mol. The Kier molecular flexibility index (Phi) is 5.35. The first-order chi connectivity index (χ1) is 12.4. The third-order valence-corrected chi connectivity index (χ3v) is 6.54. The molecule has 0 aromatic heterocycles. The van der Waals surface area contributed by atoms with Crippen LogP contribution in [-0.4, -0.2) is 8.42 Å². The molecule has 0 N–H and O–H groups in total. The Balaban J connectivity index is 2.13. The molecule has 0 saturated heterocycles. The lowest BCUT2D eigenvalue weighted by molar-refractivity contribution is 0.590.